The van der Waals surface area contributed by atoms with Crippen LogP contribution in [0.1, 0.15) is 43.2 Å². The third-order valence-corrected chi connectivity index (χ3v) is 6.37. The van der Waals surface area contributed by atoms with Crippen molar-refractivity contribution < 1.29 is 28.8 Å². The number of anilines is 1. The molecule has 0 bridgehead atoms. The topological polar surface area (TPSA) is 102 Å². The number of benzene rings is 2. The Morgan fingerprint density at radius 3 is 2.67 bits per heavy atom. The maximum absolute atomic E-state index is 12.2. The molecule has 2 aromatic rings. The lowest BCUT2D eigenvalue weighted by Crippen LogP contribution is -2.29. The first-order chi connectivity index (χ1) is 15.9. The molecule has 0 saturated carbocycles. The standard InChI is InChI=1S/C24H24N2O6S/c1-15(27)33-12-10-22(28)25-16-8-9-19-17-5-2-3-6-18(17)21(20(19)13-16)14-31-24(30)32-26-11-4-7-23(26)29/h2-3,5-6,8-9,13,21H,4,7,10-12,14H2,1H3,(H,25,28). The summed E-state index contributed by atoms with van der Waals surface area (Å²) >= 11 is 1.12. The largest absolute Gasteiger partial charge is 0.533 e. The lowest BCUT2D eigenvalue weighted by Gasteiger charge is -2.17. The molecule has 0 aromatic heterocycles. The zero-order chi connectivity index (χ0) is 23.4. The molecule has 8 nitrogen and oxygen atoms in total. The van der Waals surface area contributed by atoms with Crippen LogP contribution in [0, 0.1) is 0 Å². The molecule has 0 spiro atoms. The van der Waals surface area contributed by atoms with Crippen LogP contribution < -0.4 is 5.32 Å². The van der Waals surface area contributed by atoms with E-state index in [2.05, 4.69) is 5.32 Å². The normalized spacial score (nSPS) is 16.2. The Hall–Kier alpha value is -3.33. The molecule has 1 atom stereocenters. The second-order valence-electron chi connectivity index (χ2n) is 7.83. The van der Waals surface area contributed by atoms with Gasteiger partial charge in [0.15, 0.2) is 5.12 Å². The van der Waals surface area contributed by atoms with E-state index in [0.29, 0.717) is 30.8 Å². The summed E-state index contributed by atoms with van der Waals surface area (Å²) < 4.78 is 5.37. The average molecular weight is 469 g/mol. The molecule has 1 unspecified atom stereocenters. The Morgan fingerprint density at radius 1 is 1.12 bits per heavy atom. The molecule has 1 heterocycles. The van der Waals surface area contributed by atoms with Gasteiger partial charge < -0.3 is 14.9 Å². The van der Waals surface area contributed by atoms with Crippen LogP contribution in [-0.2, 0) is 24.0 Å². The van der Waals surface area contributed by atoms with Crippen molar-refractivity contribution in [2.45, 2.75) is 32.1 Å². The summed E-state index contributed by atoms with van der Waals surface area (Å²) in [4.78, 5) is 52.1. The van der Waals surface area contributed by atoms with E-state index in [1.807, 2.05) is 42.5 Å². The summed E-state index contributed by atoms with van der Waals surface area (Å²) in [6.45, 7) is 1.89. The maximum atomic E-state index is 12.2. The highest BCUT2D eigenvalue weighted by Crippen LogP contribution is 2.45. The van der Waals surface area contributed by atoms with E-state index >= 15 is 0 Å². The highest BCUT2D eigenvalue weighted by atomic mass is 32.2. The summed E-state index contributed by atoms with van der Waals surface area (Å²) in [6.07, 6.45) is 0.328. The number of nitrogens with one attached hydrogen (secondary N) is 1. The average Bonchev–Trinajstić information content (AvgIpc) is 3.32. The minimum atomic E-state index is -0.913. The summed E-state index contributed by atoms with van der Waals surface area (Å²) in [6, 6.07) is 13.5. The van der Waals surface area contributed by atoms with Gasteiger partial charge >= 0.3 is 6.16 Å². The molecular formula is C24H24N2O6S. The van der Waals surface area contributed by atoms with E-state index in [1.165, 1.54) is 6.92 Å². The van der Waals surface area contributed by atoms with Crippen molar-refractivity contribution in [3.63, 3.8) is 0 Å². The predicted octanol–water partition coefficient (Wildman–Crippen LogP) is 4.10. The SMILES string of the molecule is CC(=O)SCCC(=O)Nc1ccc2c(c1)C(COC(=O)ON1CCCC1=O)c1ccccc1-2. The zero-order valence-corrected chi connectivity index (χ0v) is 19.0. The fourth-order valence-corrected chi connectivity index (χ4v) is 4.64. The number of carbonyl (C=O) groups is 4. The van der Waals surface area contributed by atoms with E-state index in [9.17, 15) is 19.2 Å². The van der Waals surface area contributed by atoms with Crippen molar-refractivity contribution in [2.24, 2.45) is 0 Å². The van der Waals surface area contributed by atoms with Crippen molar-refractivity contribution in [1.82, 2.24) is 5.06 Å². The quantitative estimate of drug-likeness (QED) is 0.611. The minimum absolute atomic E-state index is 0.0199. The number of carbonyl (C=O) groups excluding carboxylic acids is 4. The number of fused-ring (bicyclic) bond motifs is 3. The third-order valence-electron chi connectivity index (χ3n) is 5.55. The van der Waals surface area contributed by atoms with Gasteiger partial charge in [0.05, 0.1) is 6.54 Å². The number of thioether (sulfide) groups is 1. The van der Waals surface area contributed by atoms with Gasteiger partial charge in [0.1, 0.15) is 6.61 Å². The first-order valence-electron chi connectivity index (χ1n) is 10.7. The molecule has 1 aliphatic carbocycles. The first-order valence-corrected chi connectivity index (χ1v) is 11.7. The molecule has 2 aromatic carbocycles. The number of hydrogen-bond acceptors (Lipinski definition) is 7. The lowest BCUT2D eigenvalue weighted by atomic mass is 9.97. The molecule has 2 amide bonds. The van der Waals surface area contributed by atoms with E-state index in [-0.39, 0.29) is 35.9 Å². The van der Waals surface area contributed by atoms with Gasteiger partial charge in [-0.2, -0.15) is 5.06 Å². The second kappa shape index (κ2) is 10.1. The Bertz CT molecular complexity index is 1100. The molecule has 0 radical (unpaired) electrons. The van der Waals surface area contributed by atoms with Crippen LogP contribution in [0.4, 0.5) is 10.5 Å². The number of hydrogen-bond donors (Lipinski definition) is 1. The number of amides is 2. The number of nitrogens with zero attached hydrogens (tertiary/aromatic N) is 1. The van der Waals surface area contributed by atoms with Gasteiger partial charge in [0, 0.05) is 37.1 Å². The monoisotopic (exact) mass is 468 g/mol. The van der Waals surface area contributed by atoms with Gasteiger partial charge in [-0.1, -0.05) is 42.1 Å². The molecular weight excluding hydrogens is 444 g/mol. The van der Waals surface area contributed by atoms with Gasteiger partial charge in [-0.05, 0) is 40.8 Å². The zero-order valence-electron chi connectivity index (χ0n) is 18.2. The van der Waals surface area contributed by atoms with Crippen molar-refractivity contribution in [3.05, 3.63) is 53.6 Å². The van der Waals surface area contributed by atoms with Gasteiger partial charge in [-0.3, -0.25) is 14.4 Å². The molecule has 33 heavy (non-hydrogen) atoms. The molecule has 2 aliphatic rings. The van der Waals surface area contributed by atoms with Crippen LogP contribution in [0.3, 0.4) is 0 Å². The number of hydroxylamine groups is 2. The van der Waals surface area contributed by atoms with Crippen LogP contribution in [0.5, 0.6) is 0 Å². The summed E-state index contributed by atoms with van der Waals surface area (Å²) in [5.74, 6) is -0.213. The fourth-order valence-electron chi connectivity index (χ4n) is 4.07. The Balaban J connectivity index is 1.46. The third kappa shape index (κ3) is 5.36. The highest BCUT2D eigenvalue weighted by Gasteiger charge is 2.31. The second-order valence-corrected chi connectivity index (χ2v) is 9.10. The van der Waals surface area contributed by atoms with E-state index in [0.717, 1.165) is 39.1 Å². The molecule has 1 saturated heterocycles. The predicted molar refractivity (Wildman–Crippen MR) is 123 cm³/mol. The van der Waals surface area contributed by atoms with Crippen LogP contribution in [0.25, 0.3) is 11.1 Å². The molecule has 1 N–H and O–H groups in total. The van der Waals surface area contributed by atoms with Crippen molar-refractivity contribution in [2.75, 3.05) is 24.2 Å². The van der Waals surface area contributed by atoms with Gasteiger partial charge in [0.25, 0.3) is 5.91 Å². The maximum Gasteiger partial charge on any atom is 0.533 e. The lowest BCUT2D eigenvalue weighted by molar-refractivity contribution is -0.164. The molecule has 1 fully saturated rings. The van der Waals surface area contributed by atoms with E-state index in [4.69, 9.17) is 9.57 Å². The fraction of sp³-hybridized carbons (Fsp3) is 0.333. The Kier molecular flexibility index (Phi) is 6.98. The molecule has 4 rings (SSSR count). The highest BCUT2D eigenvalue weighted by molar-refractivity contribution is 8.13. The minimum Gasteiger partial charge on any atom is -0.432 e. The number of rotatable bonds is 7. The molecule has 172 valence electrons. The summed E-state index contributed by atoms with van der Waals surface area (Å²) in [5.41, 5.74) is 4.62. The summed E-state index contributed by atoms with van der Waals surface area (Å²) in [7, 11) is 0. The summed E-state index contributed by atoms with van der Waals surface area (Å²) in [5, 5.41) is 3.89. The van der Waals surface area contributed by atoms with Crippen LogP contribution in [0.15, 0.2) is 42.5 Å². The van der Waals surface area contributed by atoms with Crippen molar-refractivity contribution in [3.8, 4) is 11.1 Å². The van der Waals surface area contributed by atoms with Gasteiger partial charge in [0.2, 0.25) is 5.91 Å². The van der Waals surface area contributed by atoms with Gasteiger partial charge in [-0.15, -0.1) is 0 Å². The molecule has 9 heteroatoms. The van der Waals surface area contributed by atoms with Crippen LogP contribution >= 0.6 is 11.8 Å². The Morgan fingerprint density at radius 2 is 1.91 bits per heavy atom. The Labute approximate surface area is 195 Å². The smallest absolute Gasteiger partial charge is 0.432 e. The van der Waals surface area contributed by atoms with E-state index < -0.39 is 6.16 Å². The number of ether oxygens (including phenoxy) is 1. The first kappa shape index (κ1) is 22.8. The van der Waals surface area contributed by atoms with Crippen LogP contribution in [-0.4, -0.2) is 47.1 Å². The van der Waals surface area contributed by atoms with Crippen molar-refractivity contribution >= 4 is 40.5 Å². The van der Waals surface area contributed by atoms with Crippen LogP contribution in [0.2, 0.25) is 0 Å². The van der Waals surface area contributed by atoms with Crippen molar-refractivity contribution in [1.29, 1.82) is 0 Å². The van der Waals surface area contributed by atoms with Gasteiger partial charge in [-0.25, -0.2) is 4.79 Å². The van der Waals surface area contributed by atoms with E-state index in [1.54, 1.807) is 0 Å². The molecule has 1 aliphatic heterocycles.